The number of aromatic nitrogens is 4. The number of ether oxygens (including phenoxy) is 1. The molecule has 3 aromatic heterocycles. The number of nitrogens with zero attached hydrogens (tertiary/aromatic N) is 4. The van der Waals surface area contributed by atoms with Crippen LogP contribution in [-0.2, 0) is 11.2 Å². The minimum absolute atomic E-state index is 0.104. The van der Waals surface area contributed by atoms with Gasteiger partial charge in [-0.05, 0) is 32.8 Å². The lowest BCUT2D eigenvalue weighted by Crippen LogP contribution is -2.55. The molecule has 11 nitrogen and oxygen atoms in total. The molecule has 4 heterocycles. The molecular formula is C23H27ClN6O5S. The molecule has 1 amide bonds. The predicted octanol–water partition coefficient (Wildman–Crippen LogP) is 2.65. The highest BCUT2D eigenvalue weighted by molar-refractivity contribution is 7.16. The number of aromatic amines is 1. The number of aromatic carboxylic acids is 1. The Morgan fingerprint density at radius 2 is 2.14 bits per heavy atom. The van der Waals surface area contributed by atoms with Crippen LogP contribution in [0.15, 0.2) is 23.1 Å². The number of imidazole rings is 1. The lowest BCUT2D eigenvalue weighted by molar-refractivity contribution is 0.0271. The molecule has 1 aliphatic rings. The maximum atomic E-state index is 12.8. The van der Waals surface area contributed by atoms with E-state index in [0.717, 1.165) is 11.3 Å². The van der Waals surface area contributed by atoms with Crippen molar-refractivity contribution in [3.05, 3.63) is 55.9 Å². The number of carboxylic acids is 1. The third-order valence-electron chi connectivity index (χ3n) is 6.01. The number of carboxylic acid groups (broad SMARTS) is 1. The smallest absolute Gasteiger partial charge is 0.347 e. The number of amides is 1. The van der Waals surface area contributed by atoms with Gasteiger partial charge in [0, 0.05) is 37.6 Å². The minimum Gasteiger partial charge on any atom is -0.477 e. The molecule has 3 aromatic rings. The molecule has 1 saturated heterocycles. The zero-order valence-corrected chi connectivity index (χ0v) is 21.6. The van der Waals surface area contributed by atoms with Crippen LogP contribution in [0.25, 0.3) is 5.13 Å². The Balaban J connectivity index is 1.48. The average Bonchev–Trinajstić information content (AvgIpc) is 3.42. The quantitative estimate of drug-likeness (QED) is 0.400. The van der Waals surface area contributed by atoms with Crippen LogP contribution in [0, 0.1) is 6.92 Å². The van der Waals surface area contributed by atoms with E-state index >= 15 is 0 Å². The maximum absolute atomic E-state index is 12.8. The molecule has 36 heavy (non-hydrogen) atoms. The van der Waals surface area contributed by atoms with Crippen LogP contribution in [0.1, 0.15) is 51.9 Å². The van der Waals surface area contributed by atoms with E-state index in [1.165, 1.54) is 10.6 Å². The zero-order chi connectivity index (χ0) is 26.0. The van der Waals surface area contributed by atoms with Crippen molar-refractivity contribution in [2.45, 2.75) is 45.8 Å². The molecule has 0 unspecified atom stereocenters. The molecule has 4 rings (SSSR count). The molecule has 0 saturated carbocycles. The number of hydrogen-bond donors (Lipinski definition) is 3. The monoisotopic (exact) mass is 534 g/mol. The fourth-order valence-electron chi connectivity index (χ4n) is 4.17. The second-order valence-electron chi connectivity index (χ2n) is 8.33. The van der Waals surface area contributed by atoms with Gasteiger partial charge in [0.05, 0.1) is 23.5 Å². The van der Waals surface area contributed by atoms with Crippen molar-refractivity contribution in [2.24, 2.45) is 0 Å². The summed E-state index contributed by atoms with van der Waals surface area (Å²) in [5.41, 5.74) is 1.47. The number of pyridine rings is 1. The van der Waals surface area contributed by atoms with Gasteiger partial charge in [-0.1, -0.05) is 29.9 Å². The van der Waals surface area contributed by atoms with E-state index in [4.69, 9.17) is 16.3 Å². The second-order valence-corrected chi connectivity index (χ2v) is 9.66. The fourth-order valence-corrected chi connectivity index (χ4v) is 5.33. The minimum atomic E-state index is -1.07. The Labute approximate surface area is 216 Å². The van der Waals surface area contributed by atoms with Crippen LogP contribution >= 0.6 is 22.9 Å². The van der Waals surface area contributed by atoms with Gasteiger partial charge in [-0.25, -0.2) is 14.8 Å². The number of aryl methyl sites for hydroxylation is 2. The van der Waals surface area contributed by atoms with Crippen LogP contribution < -0.4 is 15.8 Å². The number of anilines is 1. The van der Waals surface area contributed by atoms with E-state index in [1.54, 1.807) is 19.2 Å². The highest BCUT2D eigenvalue weighted by Crippen LogP contribution is 2.24. The standard InChI is InChI=1S/C23H27ClN6O5S/c1-4-14-19(24)28-20(26-14)21(32)27-15-7-8-29(11-16(15)35-5-2)13-6-9-30(17(31)10-13)23-25-12(3)18(36-23)22(33)34/h6,9-10,15-16H,4-5,7-8,11H2,1-3H3,(H,26,28)(H,27,32)(H,33,34)/t15-,16+/m1/s1. The summed E-state index contributed by atoms with van der Waals surface area (Å²) in [7, 11) is 0. The van der Waals surface area contributed by atoms with Crippen LogP contribution in [0.2, 0.25) is 5.15 Å². The molecule has 0 radical (unpaired) electrons. The summed E-state index contributed by atoms with van der Waals surface area (Å²) in [6.45, 7) is 6.94. The molecule has 192 valence electrons. The first-order valence-corrected chi connectivity index (χ1v) is 12.8. The van der Waals surface area contributed by atoms with E-state index in [0.29, 0.717) is 59.9 Å². The van der Waals surface area contributed by atoms with E-state index in [-0.39, 0.29) is 34.3 Å². The molecular weight excluding hydrogens is 508 g/mol. The second kappa shape index (κ2) is 10.8. The summed E-state index contributed by atoms with van der Waals surface area (Å²) in [5, 5.41) is 12.9. The first-order chi connectivity index (χ1) is 17.2. The molecule has 1 aliphatic heterocycles. The highest BCUT2D eigenvalue weighted by atomic mass is 35.5. The summed E-state index contributed by atoms with van der Waals surface area (Å²) in [4.78, 5) is 50.4. The number of carbonyl (C=O) groups is 2. The lowest BCUT2D eigenvalue weighted by Gasteiger charge is -2.39. The van der Waals surface area contributed by atoms with Gasteiger partial charge >= 0.3 is 5.97 Å². The number of hydrogen-bond acceptors (Lipinski definition) is 8. The number of thiazole rings is 1. The third kappa shape index (κ3) is 5.30. The van der Waals surface area contributed by atoms with Crippen molar-refractivity contribution < 1.29 is 19.4 Å². The first-order valence-electron chi connectivity index (χ1n) is 11.6. The van der Waals surface area contributed by atoms with E-state index in [9.17, 15) is 19.5 Å². The number of rotatable bonds is 8. The van der Waals surface area contributed by atoms with E-state index in [2.05, 4.69) is 20.3 Å². The van der Waals surface area contributed by atoms with Gasteiger partial charge in [0.1, 0.15) is 4.88 Å². The summed E-state index contributed by atoms with van der Waals surface area (Å²) >= 11 is 7.03. The summed E-state index contributed by atoms with van der Waals surface area (Å²) < 4.78 is 7.27. The first kappa shape index (κ1) is 25.9. The van der Waals surface area contributed by atoms with Gasteiger partial charge < -0.3 is 25.0 Å². The van der Waals surface area contributed by atoms with Crippen LogP contribution in [0.3, 0.4) is 0 Å². The Bertz CT molecular complexity index is 1330. The highest BCUT2D eigenvalue weighted by Gasteiger charge is 2.32. The third-order valence-corrected chi connectivity index (χ3v) is 7.46. The molecule has 3 N–H and O–H groups in total. The summed E-state index contributed by atoms with van der Waals surface area (Å²) in [6, 6.07) is 3.05. The van der Waals surface area contributed by atoms with Gasteiger partial charge in [-0.2, -0.15) is 0 Å². The van der Waals surface area contributed by atoms with Crippen molar-refractivity contribution in [1.82, 2.24) is 24.8 Å². The Morgan fingerprint density at radius 1 is 1.36 bits per heavy atom. The van der Waals surface area contributed by atoms with E-state index < -0.39 is 5.97 Å². The van der Waals surface area contributed by atoms with E-state index in [1.807, 2.05) is 18.7 Å². The van der Waals surface area contributed by atoms with Crippen LogP contribution in [-0.4, -0.2) is 68.3 Å². The van der Waals surface area contributed by atoms with Crippen molar-refractivity contribution in [1.29, 1.82) is 0 Å². The van der Waals surface area contributed by atoms with Crippen molar-refractivity contribution in [3.63, 3.8) is 0 Å². The normalized spacial score (nSPS) is 17.8. The number of carbonyl (C=O) groups excluding carboxylic acids is 1. The largest absolute Gasteiger partial charge is 0.477 e. The molecule has 0 bridgehead atoms. The topological polar surface area (TPSA) is 142 Å². The molecule has 0 aliphatic carbocycles. The summed E-state index contributed by atoms with van der Waals surface area (Å²) in [6.07, 6.45) is 2.53. The van der Waals surface area contributed by atoms with Crippen molar-refractivity contribution in [3.8, 4) is 5.13 Å². The number of halogens is 1. The van der Waals surface area contributed by atoms with Crippen molar-refractivity contribution in [2.75, 3.05) is 24.6 Å². The molecule has 1 fully saturated rings. The van der Waals surface area contributed by atoms with Gasteiger partial charge in [0.25, 0.3) is 11.5 Å². The van der Waals surface area contributed by atoms with Crippen LogP contribution in [0.4, 0.5) is 5.69 Å². The van der Waals surface area contributed by atoms with Crippen LogP contribution in [0.5, 0.6) is 0 Å². The van der Waals surface area contributed by atoms with Gasteiger partial charge in [-0.15, -0.1) is 0 Å². The number of piperidine rings is 1. The SMILES string of the molecule is CCO[C@H]1CN(c2ccn(-c3nc(C)c(C(=O)O)s3)c(=O)c2)CC[C@H]1NC(=O)c1nc(Cl)c(CC)[nH]1. The average molecular weight is 535 g/mol. The molecule has 0 aromatic carbocycles. The Hall–Kier alpha value is -3.22. The number of nitrogens with one attached hydrogen (secondary N) is 2. The summed E-state index contributed by atoms with van der Waals surface area (Å²) in [5.74, 6) is -1.25. The maximum Gasteiger partial charge on any atom is 0.347 e. The Kier molecular flexibility index (Phi) is 7.76. The molecule has 2 atom stereocenters. The number of H-pyrrole nitrogens is 1. The lowest BCUT2D eigenvalue weighted by atomic mass is 10.0. The van der Waals surface area contributed by atoms with Gasteiger partial charge in [0.2, 0.25) is 0 Å². The fraction of sp³-hybridized carbons (Fsp3) is 0.435. The zero-order valence-electron chi connectivity index (χ0n) is 20.1. The molecule has 0 spiro atoms. The van der Waals surface area contributed by atoms with Gasteiger partial charge in [0.15, 0.2) is 16.1 Å². The van der Waals surface area contributed by atoms with Gasteiger partial charge in [-0.3, -0.25) is 14.2 Å². The predicted molar refractivity (Wildman–Crippen MR) is 136 cm³/mol. The molecule has 13 heteroatoms. The Morgan fingerprint density at radius 3 is 2.75 bits per heavy atom. The van der Waals surface area contributed by atoms with Crippen molar-refractivity contribution >= 4 is 40.5 Å².